The monoisotopic (exact) mass is 416 g/mol. The first-order valence-corrected chi connectivity index (χ1v) is 8.16. The maximum absolute atomic E-state index is 13.0. The van der Waals surface area contributed by atoms with Gasteiger partial charge in [0.15, 0.2) is 0 Å². The lowest BCUT2D eigenvalue weighted by molar-refractivity contribution is -0.243. The van der Waals surface area contributed by atoms with Crippen LogP contribution in [0.1, 0.15) is 19.8 Å². The first-order chi connectivity index (χ1) is 11.9. The smallest absolute Gasteiger partial charge is 0.396 e. The second kappa shape index (κ2) is 8.90. The fourth-order valence-electron chi connectivity index (χ4n) is 1.80. The number of alkyl halides is 3. The molecule has 0 heterocycles. The number of anilines is 1. The van der Waals surface area contributed by atoms with E-state index in [-0.39, 0.29) is 40.7 Å². The molecule has 11 heteroatoms. The molecule has 0 aliphatic heterocycles. The summed E-state index contributed by atoms with van der Waals surface area (Å²) in [5.74, 6) is -1.90. The minimum atomic E-state index is -5.31. The van der Waals surface area contributed by atoms with Gasteiger partial charge in [-0.15, -0.1) is 0 Å². The third-order valence-electron chi connectivity index (χ3n) is 3.40. The molecule has 26 heavy (non-hydrogen) atoms. The van der Waals surface area contributed by atoms with E-state index in [4.69, 9.17) is 28.3 Å². The van der Waals surface area contributed by atoms with E-state index in [1.807, 2.05) is 0 Å². The highest BCUT2D eigenvalue weighted by Gasteiger charge is 2.58. The lowest BCUT2D eigenvalue weighted by atomic mass is 10.0. The van der Waals surface area contributed by atoms with Crippen LogP contribution in [0.4, 0.5) is 23.7 Å². The molecule has 3 amide bonds. The molecule has 0 aliphatic carbocycles. The third-order valence-corrected chi connectivity index (χ3v) is 4.14. The van der Waals surface area contributed by atoms with Gasteiger partial charge in [0.05, 0.1) is 15.7 Å². The number of rotatable bonds is 6. The first kappa shape index (κ1) is 22.5. The summed E-state index contributed by atoms with van der Waals surface area (Å²) in [6.45, 7) is 0.117. The number of aliphatic hydroxyl groups excluding tert-OH is 1. The number of benzene rings is 1. The highest BCUT2D eigenvalue weighted by Crippen LogP contribution is 2.34. The van der Waals surface area contributed by atoms with Crippen LogP contribution in [0.3, 0.4) is 0 Å². The van der Waals surface area contributed by atoms with Crippen molar-refractivity contribution in [2.75, 3.05) is 18.1 Å². The summed E-state index contributed by atoms with van der Waals surface area (Å²) in [4.78, 5) is 24.8. The fourth-order valence-corrected chi connectivity index (χ4v) is 2.09. The normalized spacial score (nSPS) is 13.8. The zero-order valence-corrected chi connectivity index (χ0v) is 15.1. The number of imide groups is 1. The molecule has 0 fully saturated rings. The summed E-state index contributed by atoms with van der Waals surface area (Å²) in [5, 5.41) is 20.6. The molecule has 1 aromatic rings. The Morgan fingerprint density at radius 2 is 1.81 bits per heavy atom. The van der Waals surface area contributed by atoms with Crippen molar-refractivity contribution in [1.29, 1.82) is 0 Å². The number of unbranched alkanes of at least 4 members (excludes halogenated alkanes) is 1. The molecule has 3 N–H and O–H groups in total. The Balaban J connectivity index is 3.23. The molecule has 1 unspecified atom stereocenters. The Kier molecular flexibility index (Phi) is 7.70. The summed E-state index contributed by atoms with van der Waals surface area (Å²) in [7, 11) is 0. The van der Waals surface area contributed by atoms with Crippen molar-refractivity contribution in [1.82, 2.24) is 5.32 Å². The van der Waals surface area contributed by atoms with Crippen LogP contribution < -0.4 is 10.2 Å². The van der Waals surface area contributed by atoms with Crippen LogP contribution in [0.15, 0.2) is 18.2 Å². The second-order valence-electron chi connectivity index (χ2n) is 5.47. The van der Waals surface area contributed by atoms with E-state index in [0.717, 1.165) is 12.1 Å². The number of amides is 3. The number of halogens is 5. The van der Waals surface area contributed by atoms with Crippen LogP contribution in [-0.4, -0.2) is 47.1 Å². The number of hydrogen-bond donors (Lipinski definition) is 3. The van der Waals surface area contributed by atoms with Gasteiger partial charge in [0, 0.05) is 13.2 Å². The quantitative estimate of drug-likeness (QED) is 0.621. The SMILES string of the molecule is CC(O)(C(=O)N(C(=O)NCCCCO)c1ccc(Cl)c(Cl)c1)C(F)(F)F. The van der Waals surface area contributed by atoms with Gasteiger partial charge in [-0.05, 0) is 38.0 Å². The van der Waals surface area contributed by atoms with Gasteiger partial charge in [-0.3, -0.25) is 4.79 Å². The van der Waals surface area contributed by atoms with E-state index in [2.05, 4.69) is 5.32 Å². The van der Waals surface area contributed by atoms with Crippen LogP contribution in [0.5, 0.6) is 0 Å². The van der Waals surface area contributed by atoms with Crippen molar-refractivity contribution in [3.8, 4) is 0 Å². The molecule has 0 bridgehead atoms. The average molecular weight is 417 g/mol. The van der Waals surface area contributed by atoms with Crippen molar-refractivity contribution in [3.63, 3.8) is 0 Å². The van der Waals surface area contributed by atoms with Crippen molar-refractivity contribution in [2.45, 2.75) is 31.5 Å². The van der Waals surface area contributed by atoms with Crippen LogP contribution in [0.25, 0.3) is 0 Å². The molecule has 146 valence electrons. The maximum Gasteiger partial charge on any atom is 0.426 e. The van der Waals surface area contributed by atoms with Gasteiger partial charge >= 0.3 is 12.2 Å². The highest BCUT2D eigenvalue weighted by molar-refractivity contribution is 6.42. The Morgan fingerprint density at radius 1 is 1.19 bits per heavy atom. The molecule has 1 rings (SSSR count). The lowest BCUT2D eigenvalue weighted by Crippen LogP contribution is -2.59. The van der Waals surface area contributed by atoms with Gasteiger partial charge in [-0.2, -0.15) is 13.2 Å². The fraction of sp³-hybridized carbons (Fsp3) is 0.467. The predicted molar refractivity (Wildman–Crippen MR) is 90.3 cm³/mol. The van der Waals surface area contributed by atoms with Crippen molar-refractivity contribution in [2.24, 2.45) is 0 Å². The highest BCUT2D eigenvalue weighted by atomic mass is 35.5. The molecule has 1 atom stereocenters. The zero-order valence-electron chi connectivity index (χ0n) is 13.6. The molecular formula is C15H17Cl2F3N2O4. The summed E-state index contributed by atoms with van der Waals surface area (Å²) in [6.07, 6.45) is -4.63. The number of carbonyl (C=O) groups excluding carboxylic acids is 2. The van der Waals surface area contributed by atoms with Crippen molar-refractivity contribution in [3.05, 3.63) is 28.2 Å². The molecule has 1 aromatic carbocycles. The van der Waals surface area contributed by atoms with Gasteiger partial charge in [-0.1, -0.05) is 23.2 Å². The van der Waals surface area contributed by atoms with E-state index in [0.29, 0.717) is 12.8 Å². The Labute approximate surface area is 157 Å². The van der Waals surface area contributed by atoms with E-state index >= 15 is 0 Å². The molecule has 0 aliphatic rings. The summed E-state index contributed by atoms with van der Waals surface area (Å²) in [5.41, 5.74) is -4.10. The van der Waals surface area contributed by atoms with Crippen molar-refractivity contribution < 1.29 is 33.0 Å². The number of hydrogen-bond acceptors (Lipinski definition) is 4. The second-order valence-corrected chi connectivity index (χ2v) is 6.29. The molecular weight excluding hydrogens is 400 g/mol. The van der Waals surface area contributed by atoms with Gasteiger partial charge in [-0.25, -0.2) is 9.69 Å². The lowest BCUT2D eigenvalue weighted by Gasteiger charge is -2.31. The van der Waals surface area contributed by atoms with Gasteiger partial charge < -0.3 is 15.5 Å². The standard InChI is InChI=1S/C15H17Cl2F3N2O4/c1-14(26,15(18,19)20)12(24)22(13(25)21-6-2-3-7-23)9-4-5-10(16)11(17)8-9/h4-5,8,23,26H,2-3,6-7H2,1H3,(H,21,25). The molecule has 0 aromatic heterocycles. The number of aliphatic hydroxyl groups is 2. The molecule has 0 saturated heterocycles. The molecule has 0 spiro atoms. The third kappa shape index (κ3) is 5.23. The van der Waals surface area contributed by atoms with E-state index < -0.39 is 23.7 Å². The zero-order chi connectivity index (χ0) is 20.1. The Bertz CT molecular complexity index is 669. The predicted octanol–water partition coefficient (Wildman–Crippen LogP) is 3.12. The number of nitrogens with zero attached hydrogens (tertiary/aromatic N) is 1. The largest absolute Gasteiger partial charge is 0.426 e. The van der Waals surface area contributed by atoms with Gasteiger partial charge in [0.25, 0.3) is 5.91 Å². The van der Waals surface area contributed by atoms with Crippen LogP contribution in [-0.2, 0) is 4.79 Å². The van der Waals surface area contributed by atoms with E-state index in [1.54, 1.807) is 0 Å². The first-order valence-electron chi connectivity index (χ1n) is 7.41. The van der Waals surface area contributed by atoms with Gasteiger partial charge in [0.1, 0.15) is 0 Å². The average Bonchev–Trinajstić information content (AvgIpc) is 2.54. The molecule has 0 saturated carbocycles. The minimum absolute atomic E-state index is 0.00133. The summed E-state index contributed by atoms with van der Waals surface area (Å²) >= 11 is 11.5. The number of urea groups is 1. The Morgan fingerprint density at radius 3 is 2.31 bits per heavy atom. The van der Waals surface area contributed by atoms with Crippen LogP contribution in [0, 0.1) is 0 Å². The number of carbonyl (C=O) groups is 2. The number of nitrogens with one attached hydrogen (secondary N) is 1. The summed E-state index contributed by atoms with van der Waals surface area (Å²) in [6, 6.07) is 2.16. The van der Waals surface area contributed by atoms with E-state index in [9.17, 15) is 27.9 Å². The van der Waals surface area contributed by atoms with Gasteiger partial charge in [0.2, 0.25) is 5.60 Å². The Hall–Kier alpha value is -1.55. The maximum atomic E-state index is 13.0. The van der Waals surface area contributed by atoms with Crippen LogP contribution in [0.2, 0.25) is 10.0 Å². The van der Waals surface area contributed by atoms with Crippen LogP contribution >= 0.6 is 23.2 Å². The van der Waals surface area contributed by atoms with E-state index in [1.165, 1.54) is 6.07 Å². The summed E-state index contributed by atoms with van der Waals surface area (Å²) < 4.78 is 39.0. The topological polar surface area (TPSA) is 89.9 Å². The molecule has 0 radical (unpaired) electrons. The molecule has 6 nitrogen and oxygen atoms in total. The van der Waals surface area contributed by atoms with Crippen molar-refractivity contribution >= 4 is 40.8 Å². The minimum Gasteiger partial charge on any atom is -0.396 e.